The second-order valence-electron chi connectivity index (χ2n) is 6.34. The summed E-state index contributed by atoms with van der Waals surface area (Å²) in [5.41, 5.74) is 2.27. The van der Waals surface area contributed by atoms with Crippen molar-refractivity contribution in [2.75, 3.05) is 0 Å². The minimum atomic E-state index is 0.0840. The maximum Gasteiger partial charge on any atom is 0.113 e. The zero-order chi connectivity index (χ0) is 15.5. The van der Waals surface area contributed by atoms with Gasteiger partial charge in [-0.15, -0.1) is 0 Å². The largest absolute Gasteiger partial charge is 0.308 e. The summed E-state index contributed by atoms with van der Waals surface area (Å²) in [4.78, 5) is 4.41. The van der Waals surface area contributed by atoms with E-state index in [-0.39, 0.29) is 5.54 Å². The quantitative estimate of drug-likeness (QED) is 0.889. The van der Waals surface area contributed by atoms with Crippen LogP contribution in [0.3, 0.4) is 0 Å². The van der Waals surface area contributed by atoms with E-state index in [4.69, 9.17) is 11.6 Å². The van der Waals surface area contributed by atoms with E-state index in [0.29, 0.717) is 0 Å². The van der Waals surface area contributed by atoms with Crippen molar-refractivity contribution >= 4 is 11.6 Å². The van der Waals surface area contributed by atoms with Gasteiger partial charge in [0, 0.05) is 41.6 Å². The van der Waals surface area contributed by atoms with Crippen LogP contribution in [0.4, 0.5) is 0 Å². The monoisotopic (exact) mass is 305 g/mol. The summed E-state index contributed by atoms with van der Waals surface area (Å²) in [5.74, 6) is 1.08. The van der Waals surface area contributed by atoms with Crippen molar-refractivity contribution < 1.29 is 0 Å². The van der Waals surface area contributed by atoms with Crippen LogP contribution >= 0.6 is 11.6 Å². The molecule has 1 N–H and O–H groups in total. The van der Waals surface area contributed by atoms with E-state index in [1.54, 1.807) is 0 Å². The summed E-state index contributed by atoms with van der Waals surface area (Å²) < 4.78 is 2.11. The fourth-order valence-corrected chi connectivity index (χ4v) is 2.41. The SMILES string of the molecule is CCCc1nccn1-c1ccc(CNC(C)(C)C)c(Cl)c1. The molecule has 4 heteroatoms. The third-order valence-electron chi connectivity index (χ3n) is 3.31. The van der Waals surface area contributed by atoms with Crippen LogP contribution in [0.25, 0.3) is 5.69 Å². The molecule has 0 aliphatic carbocycles. The third-order valence-corrected chi connectivity index (χ3v) is 3.67. The number of rotatable bonds is 5. The van der Waals surface area contributed by atoms with E-state index in [2.05, 4.69) is 54.7 Å². The van der Waals surface area contributed by atoms with Gasteiger partial charge >= 0.3 is 0 Å². The second-order valence-corrected chi connectivity index (χ2v) is 6.75. The molecule has 0 atom stereocenters. The third kappa shape index (κ3) is 4.32. The Morgan fingerprint density at radius 2 is 2.05 bits per heavy atom. The van der Waals surface area contributed by atoms with Crippen LogP contribution in [0.5, 0.6) is 0 Å². The molecule has 1 heterocycles. The summed E-state index contributed by atoms with van der Waals surface area (Å²) in [7, 11) is 0. The minimum absolute atomic E-state index is 0.0840. The minimum Gasteiger partial charge on any atom is -0.308 e. The van der Waals surface area contributed by atoms with Crippen molar-refractivity contribution in [1.82, 2.24) is 14.9 Å². The number of hydrogen-bond donors (Lipinski definition) is 1. The van der Waals surface area contributed by atoms with E-state index < -0.39 is 0 Å². The highest BCUT2D eigenvalue weighted by Gasteiger charge is 2.11. The zero-order valence-corrected chi connectivity index (χ0v) is 14.0. The summed E-state index contributed by atoms with van der Waals surface area (Å²) in [6.07, 6.45) is 5.88. The number of halogens is 1. The highest BCUT2D eigenvalue weighted by atomic mass is 35.5. The van der Waals surface area contributed by atoms with Crippen LogP contribution in [0, 0.1) is 0 Å². The molecule has 0 radical (unpaired) electrons. The summed E-state index contributed by atoms with van der Waals surface area (Å²) in [5, 5.41) is 4.25. The normalized spacial score (nSPS) is 11.9. The summed E-state index contributed by atoms with van der Waals surface area (Å²) in [6, 6.07) is 6.21. The van der Waals surface area contributed by atoms with Gasteiger partial charge in [0.15, 0.2) is 0 Å². The van der Waals surface area contributed by atoms with Crippen molar-refractivity contribution in [2.45, 2.75) is 52.6 Å². The molecular formula is C17H24ClN3. The van der Waals surface area contributed by atoms with Crippen molar-refractivity contribution in [3.05, 3.63) is 47.0 Å². The number of nitrogens with one attached hydrogen (secondary N) is 1. The Kier molecular flexibility index (Phi) is 5.07. The van der Waals surface area contributed by atoms with Crippen molar-refractivity contribution in [3.63, 3.8) is 0 Å². The molecule has 0 unspecified atom stereocenters. The smallest absolute Gasteiger partial charge is 0.113 e. The first-order valence-electron chi connectivity index (χ1n) is 7.47. The van der Waals surface area contributed by atoms with Crippen LogP contribution in [-0.4, -0.2) is 15.1 Å². The van der Waals surface area contributed by atoms with Gasteiger partial charge in [-0.05, 0) is 44.9 Å². The number of benzene rings is 1. The highest BCUT2D eigenvalue weighted by Crippen LogP contribution is 2.22. The van der Waals surface area contributed by atoms with Gasteiger partial charge in [0.25, 0.3) is 0 Å². The van der Waals surface area contributed by atoms with E-state index in [0.717, 1.165) is 41.5 Å². The maximum atomic E-state index is 6.43. The van der Waals surface area contributed by atoms with Crippen molar-refractivity contribution in [1.29, 1.82) is 0 Å². The van der Waals surface area contributed by atoms with Crippen molar-refractivity contribution in [3.8, 4) is 5.69 Å². The lowest BCUT2D eigenvalue weighted by Crippen LogP contribution is -2.35. The van der Waals surface area contributed by atoms with Gasteiger partial charge in [-0.25, -0.2) is 4.98 Å². The molecule has 0 amide bonds. The van der Waals surface area contributed by atoms with E-state index in [9.17, 15) is 0 Å². The number of hydrogen-bond acceptors (Lipinski definition) is 2. The molecular weight excluding hydrogens is 282 g/mol. The van der Waals surface area contributed by atoms with Gasteiger partial charge in [-0.2, -0.15) is 0 Å². The molecule has 114 valence electrons. The number of imidazole rings is 1. The standard InChI is InChI=1S/C17H24ClN3/c1-5-6-16-19-9-10-21(16)14-8-7-13(15(18)11-14)12-20-17(2,3)4/h7-11,20H,5-6,12H2,1-4H3. The Balaban J connectivity index is 2.20. The molecule has 2 rings (SSSR count). The lowest BCUT2D eigenvalue weighted by atomic mass is 10.1. The first-order valence-corrected chi connectivity index (χ1v) is 7.84. The Bertz CT molecular complexity index is 596. The average molecular weight is 306 g/mol. The Hall–Kier alpha value is -1.32. The highest BCUT2D eigenvalue weighted by molar-refractivity contribution is 6.31. The summed E-state index contributed by atoms with van der Waals surface area (Å²) >= 11 is 6.43. The molecule has 0 saturated carbocycles. The molecule has 0 aliphatic heterocycles. The summed E-state index contributed by atoms with van der Waals surface area (Å²) in [6.45, 7) is 9.38. The van der Waals surface area contributed by atoms with Gasteiger partial charge in [0.1, 0.15) is 5.82 Å². The molecule has 0 aliphatic rings. The van der Waals surface area contributed by atoms with Crippen LogP contribution < -0.4 is 5.32 Å². The van der Waals surface area contributed by atoms with Crippen molar-refractivity contribution in [2.24, 2.45) is 0 Å². The fourth-order valence-electron chi connectivity index (χ4n) is 2.17. The van der Waals surface area contributed by atoms with Crippen LogP contribution in [-0.2, 0) is 13.0 Å². The molecule has 0 saturated heterocycles. The predicted octanol–water partition coefficient (Wildman–Crippen LogP) is 4.37. The van der Waals surface area contributed by atoms with Gasteiger partial charge < -0.3 is 9.88 Å². The van der Waals surface area contributed by atoms with Gasteiger partial charge in [-0.1, -0.05) is 24.6 Å². The van der Waals surface area contributed by atoms with Crippen LogP contribution in [0.2, 0.25) is 5.02 Å². The van der Waals surface area contributed by atoms with Crippen LogP contribution in [0.15, 0.2) is 30.6 Å². The van der Waals surface area contributed by atoms with E-state index >= 15 is 0 Å². The molecule has 0 fully saturated rings. The fraction of sp³-hybridized carbons (Fsp3) is 0.471. The molecule has 21 heavy (non-hydrogen) atoms. The Morgan fingerprint density at radius 3 is 2.67 bits per heavy atom. The number of nitrogens with zero attached hydrogens (tertiary/aromatic N) is 2. The predicted molar refractivity (Wildman–Crippen MR) is 89.2 cm³/mol. The van der Waals surface area contributed by atoms with Crippen LogP contribution in [0.1, 0.15) is 45.5 Å². The zero-order valence-electron chi connectivity index (χ0n) is 13.3. The first-order chi connectivity index (χ1) is 9.90. The van der Waals surface area contributed by atoms with E-state index in [1.165, 1.54) is 0 Å². The molecule has 1 aromatic carbocycles. The lowest BCUT2D eigenvalue weighted by Gasteiger charge is -2.21. The van der Waals surface area contributed by atoms with Gasteiger partial charge in [0.05, 0.1) is 0 Å². The molecule has 0 bridgehead atoms. The second kappa shape index (κ2) is 6.63. The number of aromatic nitrogens is 2. The Morgan fingerprint density at radius 1 is 1.29 bits per heavy atom. The molecule has 0 spiro atoms. The number of aryl methyl sites for hydroxylation is 1. The average Bonchev–Trinajstić information content (AvgIpc) is 2.85. The maximum absolute atomic E-state index is 6.43. The van der Waals surface area contributed by atoms with Gasteiger partial charge in [0.2, 0.25) is 0 Å². The molecule has 1 aromatic heterocycles. The molecule has 3 nitrogen and oxygen atoms in total. The Labute approximate surface area is 132 Å². The molecule has 2 aromatic rings. The van der Waals surface area contributed by atoms with E-state index in [1.807, 2.05) is 18.5 Å². The lowest BCUT2D eigenvalue weighted by molar-refractivity contribution is 0.424. The first kappa shape index (κ1) is 16.1. The van der Waals surface area contributed by atoms with Gasteiger partial charge in [-0.3, -0.25) is 0 Å². The topological polar surface area (TPSA) is 29.9 Å².